The Morgan fingerprint density at radius 1 is 1.60 bits per heavy atom. The average molecular weight is 137 g/mol. The predicted molar refractivity (Wildman–Crippen MR) is 41.0 cm³/mol. The molecule has 55 valence electrons. The molecule has 0 spiro atoms. The molecule has 10 heavy (non-hydrogen) atoms. The summed E-state index contributed by atoms with van der Waals surface area (Å²) in [5, 5.41) is 7.87. The van der Waals surface area contributed by atoms with E-state index in [0.29, 0.717) is 6.04 Å². The summed E-state index contributed by atoms with van der Waals surface area (Å²) < 4.78 is 0. The van der Waals surface area contributed by atoms with Crippen molar-refractivity contribution in [3.63, 3.8) is 0 Å². The zero-order valence-electron chi connectivity index (χ0n) is 6.14. The van der Waals surface area contributed by atoms with Crippen molar-refractivity contribution in [1.82, 2.24) is 10.6 Å². The van der Waals surface area contributed by atoms with Gasteiger partial charge in [-0.2, -0.15) is 0 Å². The first-order chi connectivity index (χ1) is 4.97. The maximum absolute atomic E-state index is 4.52. The van der Waals surface area contributed by atoms with Crippen LogP contribution in [0.2, 0.25) is 0 Å². The van der Waals surface area contributed by atoms with E-state index in [2.05, 4.69) is 16.7 Å². The molecule has 0 aromatic carbocycles. The number of rotatable bonds is 0. The van der Waals surface area contributed by atoms with Crippen LogP contribution in [0.4, 0.5) is 0 Å². The highest BCUT2D eigenvalue weighted by Gasteiger charge is 2.20. The lowest BCUT2D eigenvalue weighted by Gasteiger charge is -2.28. The molecular formula is C8H13N2. The molecule has 0 aromatic heterocycles. The van der Waals surface area contributed by atoms with Crippen molar-refractivity contribution in [1.29, 1.82) is 0 Å². The second-order valence-electron chi connectivity index (χ2n) is 2.94. The highest BCUT2D eigenvalue weighted by Crippen LogP contribution is 2.16. The summed E-state index contributed by atoms with van der Waals surface area (Å²) in [7, 11) is 0. The minimum atomic E-state index is 0.530. The lowest BCUT2D eigenvalue weighted by molar-refractivity contribution is 0.447. The monoisotopic (exact) mass is 137 g/mol. The minimum Gasteiger partial charge on any atom is -0.314 e. The molecule has 1 fully saturated rings. The zero-order valence-corrected chi connectivity index (χ0v) is 6.14. The molecule has 0 aliphatic carbocycles. The Hall–Kier alpha value is -0.340. The van der Waals surface area contributed by atoms with E-state index in [1.165, 1.54) is 12.8 Å². The van der Waals surface area contributed by atoms with Crippen LogP contribution < -0.4 is 10.6 Å². The molecular weight excluding hydrogens is 124 g/mol. The van der Waals surface area contributed by atoms with E-state index in [0.717, 1.165) is 19.6 Å². The van der Waals surface area contributed by atoms with Crippen molar-refractivity contribution >= 4 is 0 Å². The van der Waals surface area contributed by atoms with E-state index < -0.39 is 0 Å². The van der Waals surface area contributed by atoms with Crippen LogP contribution in [-0.4, -0.2) is 25.7 Å². The molecule has 0 saturated carbocycles. The van der Waals surface area contributed by atoms with E-state index in [4.69, 9.17) is 0 Å². The Bertz CT molecular complexity index is 151. The summed E-state index contributed by atoms with van der Waals surface area (Å²) in [6.45, 7) is 3.26. The summed E-state index contributed by atoms with van der Waals surface area (Å²) in [5.41, 5.74) is 1.57. The van der Waals surface area contributed by atoms with Crippen molar-refractivity contribution in [2.75, 3.05) is 19.6 Å². The van der Waals surface area contributed by atoms with Gasteiger partial charge in [0.05, 0.1) is 6.04 Å². The normalized spacial score (nSPS) is 32.8. The molecule has 2 rings (SSSR count). The van der Waals surface area contributed by atoms with Gasteiger partial charge >= 0.3 is 0 Å². The first kappa shape index (κ1) is 6.38. The van der Waals surface area contributed by atoms with Crippen molar-refractivity contribution in [2.45, 2.75) is 18.9 Å². The maximum atomic E-state index is 4.52. The molecule has 1 N–H and O–H groups in total. The Labute approximate surface area is 61.7 Å². The molecule has 2 heteroatoms. The second kappa shape index (κ2) is 2.72. The number of hydrogen-bond donors (Lipinski definition) is 1. The SMILES string of the molecule is C1=C2CCNCC2[N]CC1. The number of nitrogens with zero attached hydrogens (tertiary/aromatic N) is 1. The molecule has 0 bridgehead atoms. The third kappa shape index (κ3) is 1.09. The van der Waals surface area contributed by atoms with Crippen LogP contribution in [0.15, 0.2) is 11.6 Å². The quantitative estimate of drug-likeness (QED) is 0.477. The Morgan fingerprint density at radius 3 is 3.50 bits per heavy atom. The van der Waals surface area contributed by atoms with Crippen LogP contribution in [0, 0.1) is 0 Å². The van der Waals surface area contributed by atoms with Crippen molar-refractivity contribution < 1.29 is 0 Å². The molecule has 2 nitrogen and oxygen atoms in total. The number of piperidine rings is 1. The molecule has 1 radical (unpaired) electrons. The third-order valence-corrected chi connectivity index (χ3v) is 2.24. The van der Waals surface area contributed by atoms with Gasteiger partial charge in [0.15, 0.2) is 0 Å². The molecule has 2 aliphatic heterocycles. The van der Waals surface area contributed by atoms with Gasteiger partial charge in [0.25, 0.3) is 0 Å². The van der Waals surface area contributed by atoms with E-state index in [1.807, 2.05) is 0 Å². The van der Waals surface area contributed by atoms with Crippen LogP contribution in [0.1, 0.15) is 12.8 Å². The second-order valence-corrected chi connectivity index (χ2v) is 2.94. The maximum Gasteiger partial charge on any atom is 0.0580 e. The Morgan fingerprint density at radius 2 is 2.60 bits per heavy atom. The Kier molecular flexibility index (Phi) is 1.74. The highest BCUT2D eigenvalue weighted by atomic mass is 15.0. The standard InChI is InChI=1S/C8H13N2/c1-2-7-3-5-9-6-8(7)10-4-1/h2,8-9H,1,3-6H2. The lowest BCUT2D eigenvalue weighted by Crippen LogP contribution is -2.43. The highest BCUT2D eigenvalue weighted by molar-refractivity contribution is 5.16. The van der Waals surface area contributed by atoms with E-state index >= 15 is 0 Å². The molecule has 0 aromatic rings. The Balaban J connectivity index is 2.08. The predicted octanol–water partition coefficient (Wildman–Crippen LogP) is 0.283. The fourth-order valence-electron chi connectivity index (χ4n) is 1.67. The van der Waals surface area contributed by atoms with Gasteiger partial charge in [-0.1, -0.05) is 11.6 Å². The smallest absolute Gasteiger partial charge is 0.0580 e. The van der Waals surface area contributed by atoms with Gasteiger partial charge in [-0.3, -0.25) is 0 Å². The molecule has 2 aliphatic rings. The summed E-state index contributed by atoms with van der Waals surface area (Å²) in [6.07, 6.45) is 4.76. The lowest BCUT2D eigenvalue weighted by atomic mass is 9.96. The van der Waals surface area contributed by atoms with Crippen LogP contribution >= 0.6 is 0 Å². The van der Waals surface area contributed by atoms with Crippen molar-refractivity contribution in [2.24, 2.45) is 0 Å². The zero-order chi connectivity index (χ0) is 6.81. The number of nitrogens with one attached hydrogen (secondary N) is 1. The first-order valence-corrected chi connectivity index (χ1v) is 4.03. The molecule has 1 saturated heterocycles. The van der Waals surface area contributed by atoms with Crippen LogP contribution in [0.5, 0.6) is 0 Å². The third-order valence-electron chi connectivity index (χ3n) is 2.24. The van der Waals surface area contributed by atoms with Crippen LogP contribution in [0.25, 0.3) is 0 Å². The van der Waals surface area contributed by atoms with Crippen molar-refractivity contribution in [3.8, 4) is 0 Å². The first-order valence-electron chi connectivity index (χ1n) is 4.03. The van der Waals surface area contributed by atoms with E-state index in [-0.39, 0.29) is 0 Å². The average Bonchev–Trinajstić information content (AvgIpc) is 2.05. The fourth-order valence-corrected chi connectivity index (χ4v) is 1.67. The summed E-state index contributed by atoms with van der Waals surface area (Å²) in [5.74, 6) is 0. The van der Waals surface area contributed by atoms with Gasteiger partial charge in [0, 0.05) is 13.1 Å². The van der Waals surface area contributed by atoms with Crippen LogP contribution in [-0.2, 0) is 0 Å². The molecule has 1 unspecified atom stereocenters. The topological polar surface area (TPSA) is 26.1 Å². The molecule has 0 amide bonds. The van der Waals surface area contributed by atoms with Gasteiger partial charge in [0.1, 0.15) is 0 Å². The number of fused-ring (bicyclic) bond motifs is 1. The fraction of sp³-hybridized carbons (Fsp3) is 0.750. The van der Waals surface area contributed by atoms with Crippen molar-refractivity contribution in [3.05, 3.63) is 11.6 Å². The van der Waals surface area contributed by atoms with E-state index in [9.17, 15) is 0 Å². The summed E-state index contributed by atoms with van der Waals surface area (Å²) in [4.78, 5) is 0. The van der Waals surface area contributed by atoms with Gasteiger partial charge in [-0.05, 0) is 19.4 Å². The van der Waals surface area contributed by atoms with E-state index in [1.54, 1.807) is 5.57 Å². The molecule has 2 heterocycles. The summed E-state index contributed by atoms with van der Waals surface area (Å²) >= 11 is 0. The van der Waals surface area contributed by atoms with Crippen LogP contribution in [0.3, 0.4) is 0 Å². The largest absolute Gasteiger partial charge is 0.314 e. The summed E-state index contributed by atoms with van der Waals surface area (Å²) in [6, 6.07) is 0.530. The van der Waals surface area contributed by atoms with Gasteiger partial charge in [-0.15, -0.1) is 0 Å². The minimum absolute atomic E-state index is 0.530. The van der Waals surface area contributed by atoms with Gasteiger partial charge in [-0.25, -0.2) is 5.32 Å². The van der Waals surface area contributed by atoms with Gasteiger partial charge in [0.2, 0.25) is 0 Å². The molecule has 1 atom stereocenters. The van der Waals surface area contributed by atoms with Gasteiger partial charge < -0.3 is 5.32 Å². The number of hydrogen-bond acceptors (Lipinski definition) is 1.